The Morgan fingerprint density at radius 2 is 1.88 bits per heavy atom. The van der Waals surface area contributed by atoms with Gasteiger partial charge in [0.25, 0.3) is 0 Å². The van der Waals surface area contributed by atoms with Crippen molar-refractivity contribution in [3.63, 3.8) is 0 Å². The highest BCUT2D eigenvalue weighted by atomic mass is 16.5. The van der Waals surface area contributed by atoms with Crippen LogP contribution in [0.3, 0.4) is 0 Å². The number of ether oxygens (including phenoxy) is 3. The maximum atomic E-state index is 12.7. The summed E-state index contributed by atoms with van der Waals surface area (Å²) in [6, 6.07) is 1.97. The number of rotatable bonds is 3. The molecular formula is C20H26N2O4. The smallest absolute Gasteiger partial charge is 0.232 e. The highest BCUT2D eigenvalue weighted by Gasteiger charge is 2.35. The highest BCUT2D eigenvalue weighted by molar-refractivity contribution is 6.14. The molecular weight excluding hydrogens is 332 g/mol. The van der Waals surface area contributed by atoms with Crippen molar-refractivity contribution in [3.05, 3.63) is 34.1 Å². The molecule has 1 aromatic carbocycles. The summed E-state index contributed by atoms with van der Waals surface area (Å²) in [6.45, 7) is 12.6. The Balaban J connectivity index is 1.54. The van der Waals surface area contributed by atoms with Crippen molar-refractivity contribution in [2.45, 2.75) is 27.3 Å². The monoisotopic (exact) mass is 358 g/mol. The van der Waals surface area contributed by atoms with Crippen LogP contribution in [0.2, 0.25) is 0 Å². The second kappa shape index (κ2) is 7.02. The average molecular weight is 358 g/mol. The van der Waals surface area contributed by atoms with Gasteiger partial charge in [0.05, 0.1) is 24.3 Å². The van der Waals surface area contributed by atoms with Crippen molar-refractivity contribution < 1.29 is 19.0 Å². The summed E-state index contributed by atoms with van der Waals surface area (Å²) in [4.78, 5) is 17.4. The first-order valence-electron chi connectivity index (χ1n) is 9.26. The molecule has 3 aliphatic heterocycles. The van der Waals surface area contributed by atoms with Gasteiger partial charge in [0.1, 0.15) is 18.2 Å². The van der Waals surface area contributed by atoms with Crippen LogP contribution in [0.25, 0.3) is 0 Å². The predicted molar refractivity (Wildman–Crippen MR) is 97.7 cm³/mol. The summed E-state index contributed by atoms with van der Waals surface area (Å²) >= 11 is 0. The minimum atomic E-state index is -0.00857. The maximum Gasteiger partial charge on any atom is 0.232 e. The molecule has 1 aromatic rings. The van der Waals surface area contributed by atoms with Gasteiger partial charge in [-0.15, -0.1) is 0 Å². The third kappa shape index (κ3) is 3.13. The number of Topliss-reactive ketones (excluding diaryl/α,β-unsaturated/α-hetero) is 1. The number of allylic oxidation sites excluding steroid dienone is 2. The topological polar surface area (TPSA) is 51.2 Å². The van der Waals surface area contributed by atoms with Crippen LogP contribution >= 0.6 is 0 Å². The molecule has 140 valence electrons. The Labute approximate surface area is 154 Å². The molecule has 26 heavy (non-hydrogen) atoms. The molecule has 0 spiro atoms. The van der Waals surface area contributed by atoms with Crippen molar-refractivity contribution in [2.75, 3.05) is 46.1 Å². The summed E-state index contributed by atoms with van der Waals surface area (Å²) in [5.41, 5.74) is 3.50. The fraction of sp³-hybridized carbons (Fsp3) is 0.550. The van der Waals surface area contributed by atoms with Gasteiger partial charge >= 0.3 is 0 Å². The molecule has 1 saturated heterocycles. The van der Waals surface area contributed by atoms with E-state index in [1.165, 1.54) is 0 Å². The molecule has 0 radical (unpaired) electrons. The van der Waals surface area contributed by atoms with E-state index in [9.17, 15) is 4.79 Å². The van der Waals surface area contributed by atoms with E-state index >= 15 is 0 Å². The number of fused-ring (bicyclic) bond motifs is 3. The molecule has 0 saturated carbocycles. The Kier molecular flexibility index (Phi) is 4.73. The van der Waals surface area contributed by atoms with E-state index < -0.39 is 0 Å². The molecule has 4 rings (SSSR count). The van der Waals surface area contributed by atoms with Crippen LogP contribution < -0.4 is 9.47 Å². The number of ketones is 1. The molecule has 0 bridgehead atoms. The van der Waals surface area contributed by atoms with Crippen molar-refractivity contribution in [3.8, 4) is 11.5 Å². The second-order valence-corrected chi connectivity index (χ2v) is 7.41. The fourth-order valence-corrected chi connectivity index (χ4v) is 3.74. The lowest BCUT2D eigenvalue weighted by Gasteiger charge is -2.33. The van der Waals surface area contributed by atoms with E-state index in [0.717, 1.165) is 68.4 Å². The summed E-state index contributed by atoms with van der Waals surface area (Å²) in [6.07, 6.45) is 0. The molecule has 0 aliphatic carbocycles. The van der Waals surface area contributed by atoms with Crippen molar-refractivity contribution in [1.82, 2.24) is 9.80 Å². The van der Waals surface area contributed by atoms with E-state index in [2.05, 4.69) is 9.80 Å². The van der Waals surface area contributed by atoms with Gasteiger partial charge in [0, 0.05) is 32.7 Å². The molecule has 0 unspecified atom stereocenters. The highest BCUT2D eigenvalue weighted by Crippen LogP contribution is 2.44. The van der Waals surface area contributed by atoms with Crippen LogP contribution in [0.5, 0.6) is 11.5 Å². The third-order valence-corrected chi connectivity index (χ3v) is 5.25. The lowest BCUT2D eigenvalue weighted by molar-refractivity contribution is 0.0239. The number of carbonyl (C=O) groups is 1. The lowest BCUT2D eigenvalue weighted by Crippen LogP contribution is -2.43. The Bertz CT molecular complexity index is 762. The Morgan fingerprint density at radius 3 is 2.62 bits per heavy atom. The zero-order valence-corrected chi connectivity index (χ0v) is 15.8. The third-order valence-electron chi connectivity index (χ3n) is 5.25. The first kappa shape index (κ1) is 17.5. The number of hydrogen-bond donors (Lipinski definition) is 0. The van der Waals surface area contributed by atoms with E-state index in [-0.39, 0.29) is 5.78 Å². The standard InChI is InChI=1S/C20H26N2O4/c1-13(2)19-18(23)17-14(3)10-16-15(20(17)26-19)11-22(12-25-16)5-4-21-6-8-24-9-7-21/h10H,4-9,11-12H2,1-3H3. The lowest BCUT2D eigenvalue weighted by atomic mass is 9.98. The molecule has 1 fully saturated rings. The molecule has 0 atom stereocenters. The van der Waals surface area contributed by atoms with E-state index in [1.54, 1.807) is 0 Å². The number of carbonyl (C=O) groups excluding carboxylic acids is 1. The van der Waals surface area contributed by atoms with Crippen molar-refractivity contribution >= 4 is 5.78 Å². The molecule has 3 heterocycles. The zero-order valence-electron chi connectivity index (χ0n) is 15.8. The zero-order chi connectivity index (χ0) is 18.3. The number of aryl methyl sites for hydroxylation is 1. The summed E-state index contributed by atoms with van der Waals surface area (Å²) < 4.78 is 17.4. The number of morpholine rings is 1. The molecule has 6 heteroatoms. The van der Waals surface area contributed by atoms with Gasteiger partial charge in [0.15, 0.2) is 5.76 Å². The maximum absolute atomic E-state index is 12.7. The predicted octanol–water partition coefficient (Wildman–Crippen LogP) is 2.35. The largest absolute Gasteiger partial charge is 0.478 e. The Hall–Kier alpha value is -1.89. The van der Waals surface area contributed by atoms with Crippen molar-refractivity contribution in [2.24, 2.45) is 0 Å². The van der Waals surface area contributed by atoms with Crippen LogP contribution in [0.15, 0.2) is 17.4 Å². The first-order chi connectivity index (χ1) is 12.5. The summed E-state index contributed by atoms with van der Waals surface area (Å²) in [7, 11) is 0. The first-order valence-corrected chi connectivity index (χ1v) is 9.26. The molecule has 0 N–H and O–H groups in total. The van der Waals surface area contributed by atoms with Gasteiger partial charge < -0.3 is 14.2 Å². The summed E-state index contributed by atoms with van der Waals surface area (Å²) in [5, 5.41) is 0. The molecule has 6 nitrogen and oxygen atoms in total. The van der Waals surface area contributed by atoms with Gasteiger partial charge in [-0.1, -0.05) is 0 Å². The van der Waals surface area contributed by atoms with Crippen LogP contribution in [0, 0.1) is 6.92 Å². The minimum absolute atomic E-state index is 0.00857. The number of nitrogens with zero attached hydrogens (tertiary/aromatic N) is 2. The van der Waals surface area contributed by atoms with Gasteiger partial charge in [-0.3, -0.25) is 14.6 Å². The van der Waals surface area contributed by atoms with Crippen LogP contribution in [0.1, 0.15) is 35.3 Å². The van der Waals surface area contributed by atoms with Gasteiger partial charge in [-0.2, -0.15) is 0 Å². The van der Waals surface area contributed by atoms with E-state index in [1.807, 2.05) is 26.8 Å². The molecule has 0 amide bonds. The van der Waals surface area contributed by atoms with Crippen LogP contribution in [-0.4, -0.2) is 61.7 Å². The fourth-order valence-electron chi connectivity index (χ4n) is 3.74. The number of benzene rings is 1. The Morgan fingerprint density at radius 1 is 1.15 bits per heavy atom. The van der Waals surface area contributed by atoms with Crippen LogP contribution in [-0.2, 0) is 11.3 Å². The van der Waals surface area contributed by atoms with E-state index in [4.69, 9.17) is 14.2 Å². The van der Waals surface area contributed by atoms with Gasteiger partial charge in [-0.05, 0) is 38.0 Å². The SMILES string of the molecule is CC(C)=C1Oc2c3c(cc(C)c2C1=O)OCN(CCN1CCOCC1)C3. The average Bonchev–Trinajstić information content (AvgIpc) is 3.00. The van der Waals surface area contributed by atoms with Crippen LogP contribution in [0.4, 0.5) is 0 Å². The minimum Gasteiger partial charge on any atom is -0.478 e. The second-order valence-electron chi connectivity index (χ2n) is 7.41. The number of hydrogen-bond acceptors (Lipinski definition) is 6. The molecule has 0 aromatic heterocycles. The molecule has 3 aliphatic rings. The normalized spacial score (nSPS) is 20.4. The quantitative estimate of drug-likeness (QED) is 0.773. The van der Waals surface area contributed by atoms with Gasteiger partial charge in [-0.25, -0.2) is 0 Å². The van der Waals surface area contributed by atoms with E-state index in [0.29, 0.717) is 23.8 Å². The van der Waals surface area contributed by atoms with Crippen molar-refractivity contribution in [1.29, 1.82) is 0 Å². The summed E-state index contributed by atoms with van der Waals surface area (Å²) in [5.74, 6) is 1.98. The van der Waals surface area contributed by atoms with Gasteiger partial charge in [0.2, 0.25) is 5.78 Å².